The quantitative estimate of drug-likeness (QED) is 0.645. The molecular formula is C22H21FN2OS. The maximum atomic E-state index is 13.4. The van der Waals surface area contributed by atoms with Crippen molar-refractivity contribution < 1.29 is 9.18 Å². The summed E-state index contributed by atoms with van der Waals surface area (Å²) in [6, 6.07) is 16.9. The first-order valence-corrected chi connectivity index (χ1v) is 10.1. The molecule has 2 aromatic carbocycles. The molecule has 0 N–H and O–H groups in total. The highest BCUT2D eigenvalue weighted by Gasteiger charge is 2.24. The Morgan fingerprint density at radius 2 is 1.89 bits per heavy atom. The van der Waals surface area contributed by atoms with Crippen LogP contribution in [0.2, 0.25) is 0 Å². The molecule has 3 aromatic rings. The number of benzene rings is 2. The Hall–Kier alpha value is -2.53. The molecule has 0 spiro atoms. The van der Waals surface area contributed by atoms with Gasteiger partial charge >= 0.3 is 0 Å². The number of thiazole rings is 1. The molecule has 0 radical (unpaired) electrons. The molecule has 1 aliphatic rings. The molecule has 1 fully saturated rings. The molecule has 1 aliphatic heterocycles. The van der Waals surface area contributed by atoms with E-state index < -0.39 is 0 Å². The minimum atomic E-state index is -0.276. The molecule has 4 rings (SSSR count). The van der Waals surface area contributed by atoms with Crippen LogP contribution in [0.4, 0.5) is 4.39 Å². The van der Waals surface area contributed by atoms with Crippen molar-refractivity contribution in [3.63, 3.8) is 0 Å². The van der Waals surface area contributed by atoms with Crippen molar-refractivity contribution in [2.75, 3.05) is 13.1 Å². The zero-order valence-electron chi connectivity index (χ0n) is 15.0. The molecule has 0 aliphatic carbocycles. The molecule has 0 bridgehead atoms. The lowest BCUT2D eigenvalue weighted by atomic mass is 9.89. The summed E-state index contributed by atoms with van der Waals surface area (Å²) >= 11 is 1.45. The molecule has 138 valence electrons. The average Bonchev–Trinajstić information content (AvgIpc) is 3.17. The Balaban J connectivity index is 1.35. The van der Waals surface area contributed by atoms with Crippen molar-refractivity contribution in [1.82, 2.24) is 9.88 Å². The van der Waals surface area contributed by atoms with E-state index in [1.165, 1.54) is 29.0 Å². The van der Waals surface area contributed by atoms with Crippen LogP contribution in [-0.2, 0) is 11.2 Å². The van der Waals surface area contributed by atoms with Crippen LogP contribution in [0.5, 0.6) is 0 Å². The van der Waals surface area contributed by atoms with Gasteiger partial charge in [0.1, 0.15) is 10.8 Å². The van der Waals surface area contributed by atoms with Crippen LogP contribution in [0.3, 0.4) is 0 Å². The van der Waals surface area contributed by atoms with Gasteiger partial charge in [0.25, 0.3) is 0 Å². The fraction of sp³-hybridized carbons (Fsp3) is 0.273. The lowest BCUT2D eigenvalue weighted by Gasteiger charge is -2.32. The van der Waals surface area contributed by atoms with Crippen molar-refractivity contribution in [3.05, 3.63) is 77.1 Å². The van der Waals surface area contributed by atoms with Crippen LogP contribution in [0.15, 0.2) is 60.0 Å². The van der Waals surface area contributed by atoms with E-state index in [2.05, 4.69) is 29.2 Å². The lowest BCUT2D eigenvalue weighted by Crippen LogP contribution is -2.38. The Labute approximate surface area is 162 Å². The van der Waals surface area contributed by atoms with Crippen molar-refractivity contribution in [2.24, 2.45) is 0 Å². The fourth-order valence-corrected chi connectivity index (χ4v) is 4.41. The smallest absolute Gasteiger partial charge is 0.228 e. The first-order chi connectivity index (χ1) is 13.2. The zero-order chi connectivity index (χ0) is 18.6. The summed E-state index contributed by atoms with van der Waals surface area (Å²) < 4.78 is 13.4. The number of nitrogens with zero attached hydrogens (tertiary/aromatic N) is 2. The lowest BCUT2D eigenvalue weighted by molar-refractivity contribution is -0.131. The highest BCUT2D eigenvalue weighted by Crippen LogP contribution is 2.28. The molecule has 0 atom stereocenters. The SMILES string of the molecule is O=C(Cc1csc(-c2cccc(F)c2)n1)N1CCC(c2ccccc2)CC1. The summed E-state index contributed by atoms with van der Waals surface area (Å²) in [5.74, 6) is 0.383. The molecule has 1 saturated heterocycles. The van der Waals surface area contributed by atoms with Crippen molar-refractivity contribution >= 4 is 17.2 Å². The molecule has 5 heteroatoms. The molecule has 0 saturated carbocycles. The Morgan fingerprint density at radius 3 is 2.63 bits per heavy atom. The van der Waals surface area contributed by atoms with Gasteiger partial charge in [-0.1, -0.05) is 42.5 Å². The van der Waals surface area contributed by atoms with Gasteiger partial charge in [-0.25, -0.2) is 9.37 Å². The van der Waals surface area contributed by atoms with Gasteiger partial charge in [0.05, 0.1) is 12.1 Å². The first-order valence-electron chi connectivity index (χ1n) is 9.22. The normalized spacial score (nSPS) is 15.1. The highest BCUT2D eigenvalue weighted by atomic mass is 32.1. The van der Waals surface area contributed by atoms with Crippen LogP contribution < -0.4 is 0 Å². The Bertz CT molecular complexity index is 917. The number of amides is 1. The average molecular weight is 380 g/mol. The first kappa shape index (κ1) is 17.9. The van der Waals surface area contributed by atoms with Gasteiger partial charge in [-0.3, -0.25) is 4.79 Å². The predicted molar refractivity (Wildman–Crippen MR) is 106 cm³/mol. The standard InChI is InChI=1S/C22H21FN2OS/c23-19-8-4-7-18(13-19)22-24-20(15-27-22)14-21(26)25-11-9-17(10-12-25)16-5-2-1-3-6-16/h1-8,13,15,17H,9-12,14H2. The van der Waals surface area contributed by atoms with Gasteiger partial charge in [0.15, 0.2) is 0 Å². The van der Waals surface area contributed by atoms with Crippen LogP contribution >= 0.6 is 11.3 Å². The molecular weight excluding hydrogens is 359 g/mol. The molecule has 1 amide bonds. The van der Waals surface area contributed by atoms with Gasteiger partial charge in [0, 0.05) is 24.0 Å². The maximum absolute atomic E-state index is 13.4. The van der Waals surface area contributed by atoms with E-state index in [1.54, 1.807) is 6.07 Å². The Morgan fingerprint density at radius 1 is 1.11 bits per heavy atom. The molecule has 1 aromatic heterocycles. The minimum Gasteiger partial charge on any atom is -0.342 e. The number of carbonyl (C=O) groups is 1. The number of piperidine rings is 1. The number of hydrogen-bond acceptors (Lipinski definition) is 3. The summed E-state index contributed by atoms with van der Waals surface area (Å²) in [4.78, 5) is 19.1. The topological polar surface area (TPSA) is 33.2 Å². The van der Waals surface area contributed by atoms with Crippen molar-refractivity contribution in [1.29, 1.82) is 0 Å². The number of hydrogen-bond donors (Lipinski definition) is 0. The van der Waals surface area contributed by atoms with Gasteiger partial charge in [-0.2, -0.15) is 0 Å². The van der Waals surface area contributed by atoms with Crippen LogP contribution in [0.25, 0.3) is 10.6 Å². The monoisotopic (exact) mass is 380 g/mol. The van der Waals surface area contributed by atoms with E-state index >= 15 is 0 Å². The summed E-state index contributed by atoms with van der Waals surface area (Å²) in [6.45, 7) is 1.58. The fourth-order valence-electron chi connectivity index (χ4n) is 3.60. The third-order valence-electron chi connectivity index (χ3n) is 5.07. The van der Waals surface area contributed by atoms with E-state index in [0.717, 1.165) is 42.2 Å². The molecule has 27 heavy (non-hydrogen) atoms. The zero-order valence-corrected chi connectivity index (χ0v) is 15.8. The highest BCUT2D eigenvalue weighted by molar-refractivity contribution is 7.13. The van der Waals surface area contributed by atoms with Crippen LogP contribution in [0.1, 0.15) is 30.0 Å². The Kier molecular flexibility index (Phi) is 5.30. The van der Waals surface area contributed by atoms with E-state index in [4.69, 9.17) is 0 Å². The predicted octanol–water partition coefficient (Wildman–Crippen LogP) is 4.90. The van der Waals surface area contributed by atoms with Gasteiger partial charge in [-0.15, -0.1) is 11.3 Å². The van der Waals surface area contributed by atoms with Gasteiger partial charge in [-0.05, 0) is 36.5 Å². The van der Waals surface area contributed by atoms with E-state index in [0.29, 0.717) is 12.3 Å². The second-order valence-corrected chi connectivity index (χ2v) is 7.75. The summed E-state index contributed by atoms with van der Waals surface area (Å²) in [5.41, 5.74) is 2.88. The third kappa shape index (κ3) is 4.25. The minimum absolute atomic E-state index is 0.123. The summed E-state index contributed by atoms with van der Waals surface area (Å²) in [5, 5.41) is 2.65. The second-order valence-electron chi connectivity index (χ2n) is 6.90. The molecule has 2 heterocycles. The van der Waals surface area contributed by atoms with Crippen LogP contribution in [0, 0.1) is 5.82 Å². The van der Waals surface area contributed by atoms with Crippen LogP contribution in [-0.4, -0.2) is 28.9 Å². The van der Waals surface area contributed by atoms with E-state index in [9.17, 15) is 9.18 Å². The van der Waals surface area contributed by atoms with Gasteiger partial charge < -0.3 is 4.90 Å². The van der Waals surface area contributed by atoms with E-state index in [-0.39, 0.29) is 11.7 Å². The summed E-state index contributed by atoms with van der Waals surface area (Å²) in [7, 11) is 0. The third-order valence-corrected chi connectivity index (χ3v) is 6.01. The number of carbonyl (C=O) groups excluding carboxylic acids is 1. The summed E-state index contributed by atoms with van der Waals surface area (Å²) in [6.07, 6.45) is 2.31. The largest absolute Gasteiger partial charge is 0.342 e. The number of likely N-dealkylation sites (tertiary alicyclic amines) is 1. The van der Waals surface area contributed by atoms with Crippen molar-refractivity contribution in [2.45, 2.75) is 25.2 Å². The number of rotatable bonds is 4. The molecule has 0 unspecified atom stereocenters. The maximum Gasteiger partial charge on any atom is 0.228 e. The number of halogens is 1. The van der Waals surface area contributed by atoms with Crippen molar-refractivity contribution in [3.8, 4) is 10.6 Å². The number of aromatic nitrogens is 1. The van der Waals surface area contributed by atoms with Gasteiger partial charge in [0.2, 0.25) is 5.91 Å². The second kappa shape index (κ2) is 8.01. The molecule has 3 nitrogen and oxygen atoms in total. The van der Waals surface area contributed by atoms with E-state index in [1.807, 2.05) is 22.4 Å².